The van der Waals surface area contributed by atoms with Gasteiger partial charge in [0, 0.05) is 11.8 Å². The van der Waals surface area contributed by atoms with E-state index in [2.05, 4.69) is 19.6 Å². The Bertz CT molecular complexity index is 288. The predicted molar refractivity (Wildman–Crippen MR) is 83.7 cm³/mol. The summed E-state index contributed by atoms with van der Waals surface area (Å²) in [5, 5.41) is 0. The second-order valence-electron chi connectivity index (χ2n) is 6.59. The van der Waals surface area contributed by atoms with E-state index in [-0.39, 0.29) is 11.2 Å². The highest BCUT2D eigenvalue weighted by Gasteiger charge is 2.59. The standard InChI is InChI=1S/C18H32O2/c1-3-5-6-7-8-9-15-19-18-13-10-12-17(18,11-4-2)14-16-20-18/h4H,2-3,5-16H2,1H3. The molecule has 2 rings (SSSR count). The van der Waals surface area contributed by atoms with Crippen molar-refractivity contribution in [3.05, 3.63) is 12.7 Å². The summed E-state index contributed by atoms with van der Waals surface area (Å²) in [6.45, 7) is 7.93. The zero-order valence-corrected chi connectivity index (χ0v) is 13.3. The highest BCUT2D eigenvalue weighted by atomic mass is 16.7. The fourth-order valence-electron chi connectivity index (χ4n) is 4.09. The summed E-state index contributed by atoms with van der Waals surface area (Å²) in [6.07, 6.45) is 15.7. The minimum absolute atomic E-state index is 0.233. The first kappa shape index (κ1) is 16.0. The summed E-state index contributed by atoms with van der Waals surface area (Å²) >= 11 is 0. The van der Waals surface area contributed by atoms with Crippen LogP contribution in [0.3, 0.4) is 0 Å². The molecule has 0 aromatic carbocycles. The highest BCUT2D eigenvalue weighted by molar-refractivity contribution is 5.05. The van der Waals surface area contributed by atoms with E-state index in [1.807, 2.05) is 0 Å². The molecule has 0 aromatic heterocycles. The summed E-state index contributed by atoms with van der Waals surface area (Å²) < 4.78 is 12.4. The Balaban J connectivity index is 1.74. The summed E-state index contributed by atoms with van der Waals surface area (Å²) in [7, 11) is 0. The monoisotopic (exact) mass is 280 g/mol. The van der Waals surface area contributed by atoms with Gasteiger partial charge in [0.15, 0.2) is 5.79 Å². The Kier molecular flexibility index (Phi) is 6.10. The molecule has 1 saturated carbocycles. The van der Waals surface area contributed by atoms with Crippen LogP contribution in [0.1, 0.15) is 77.6 Å². The first-order valence-electron chi connectivity index (χ1n) is 8.67. The number of fused-ring (bicyclic) bond motifs is 1. The molecule has 1 heterocycles. The maximum atomic E-state index is 6.31. The minimum atomic E-state index is -0.273. The van der Waals surface area contributed by atoms with Crippen LogP contribution in [-0.2, 0) is 9.47 Å². The van der Waals surface area contributed by atoms with Crippen LogP contribution in [0.5, 0.6) is 0 Å². The van der Waals surface area contributed by atoms with Crippen molar-refractivity contribution >= 4 is 0 Å². The second-order valence-corrected chi connectivity index (χ2v) is 6.59. The van der Waals surface area contributed by atoms with Crippen molar-refractivity contribution in [2.45, 2.75) is 83.3 Å². The van der Waals surface area contributed by atoms with Crippen LogP contribution in [0.4, 0.5) is 0 Å². The van der Waals surface area contributed by atoms with Crippen LogP contribution in [-0.4, -0.2) is 19.0 Å². The van der Waals surface area contributed by atoms with Crippen LogP contribution < -0.4 is 0 Å². The van der Waals surface area contributed by atoms with Crippen molar-refractivity contribution in [3.63, 3.8) is 0 Å². The number of allylic oxidation sites excluding steroid dienone is 1. The number of hydrogen-bond donors (Lipinski definition) is 0. The summed E-state index contributed by atoms with van der Waals surface area (Å²) in [5.41, 5.74) is 0.233. The summed E-state index contributed by atoms with van der Waals surface area (Å²) in [4.78, 5) is 0. The molecule has 0 radical (unpaired) electrons. The Labute approximate surface area is 124 Å². The van der Waals surface area contributed by atoms with Gasteiger partial charge in [0.2, 0.25) is 0 Å². The van der Waals surface area contributed by atoms with Gasteiger partial charge in [-0.15, -0.1) is 6.58 Å². The van der Waals surface area contributed by atoms with E-state index in [9.17, 15) is 0 Å². The lowest BCUT2D eigenvalue weighted by atomic mass is 9.77. The second kappa shape index (κ2) is 7.61. The lowest BCUT2D eigenvalue weighted by molar-refractivity contribution is -0.246. The molecule has 0 spiro atoms. The van der Waals surface area contributed by atoms with Crippen molar-refractivity contribution < 1.29 is 9.47 Å². The van der Waals surface area contributed by atoms with Gasteiger partial charge in [-0.2, -0.15) is 0 Å². The quantitative estimate of drug-likeness (QED) is 0.403. The molecule has 2 atom stereocenters. The van der Waals surface area contributed by atoms with Crippen LogP contribution in [0.25, 0.3) is 0 Å². The van der Waals surface area contributed by atoms with Gasteiger partial charge >= 0.3 is 0 Å². The van der Waals surface area contributed by atoms with E-state index in [1.165, 1.54) is 51.4 Å². The molecule has 1 aliphatic carbocycles. The van der Waals surface area contributed by atoms with Crippen LogP contribution >= 0.6 is 0 Å². The molecule has 1 aliphatic heterocycles. The molecular formula is C18H32O2. The molecule has 2 heteroatoms. The molecule has 2 unspecified atom stereocenters. The van der Waals surface area contributed by atoms with E-state index < -0.39 is 0 Å². The number of rotatable bonds is 10. The average molecular weight is 280 g/mol. The highest BCUT2D eigenvalue weighted by Crippen LogP contribution is 2.58. The molecule has 1 saturated heterocycles. The molecule has 2 aliphatic rings. The van der Waals surface area contributed by atoms with Gasteiger partial charge in [-0.1, -0.05) is 45.1 Å². The first-order valence-corrected chi connectivity index (χ1v) is 8.67. The van der Waals surface area contributed by atoms with E-state index in [0.29, 0.717) is 0 Å². The Morgan fingerprint density at radius 3 is 2.70 bits per heavy atom. The number of hydrogen-bond acceptors (Lipinski definition) is 2. The van der Waals surface area contributed by atoms with Gasteiger partial charge in [0.25, 0.3) is 0 Å². The minimum Gasteiger partial charge on any atom is -0.349 e. The van der Waals surface area contributed by atoms with E-state index >= 15 is 0 Å². The Morgan fingerprint density at radius 2 is 1.90 bits per heavy atom. The van der Waals surface area contributed by atoms with E-state index in [1.54, 1.807) is 0 Å². The summed E-state index contributed by atoms with van der Waals surface area (Å²) in [6, 6.07) is 0. The third-order valence-electron chi connectivity index (χ3n) is 5.25. The third-order valence-corrected chi connectivity index (χ3v) is 5.25. The molecule has 20 heavy (non-hydrogen) atoms. The van der Waals surface area contributed by atoms with Crippen molar-refractivity contribution in [2.75, 3.05) is 13.2 Å². The SMILES string of the molecule is C=CCC12CCCC1(OCCCCCCCC)OCC2. The molecule has 116 valence electrons. The molecule has 0 aromatic rings. The average Bonchev–Trinajstić information content (AvgIpc) is 2.93. The molecule has 0 amide bonds. The summed E-state index contributed by atoms with van der Waals surface area (Å²) in [5.74, 6) is -0.273. The Hall–Kier alpha value is -0.340. The zero-order valence-electron chi connectivity index (χ0n) is 13.3. The fraction of sp³-hybridized carbons (Fsp3) is 0.889. The van der Waals surface area contributed by atoms with Crippen molar-refractivity contribution in [1.82, 2.24) is 0 Å². The van der Waals surface area contributed by atoms with Crippen LogP contribution in [0.2, 0.25) is 0 Å². The topological polar surface area (TPSA) is 18.5 Å². The lowest BCUT2D eigenvalue weighted by Gasteiger charge is -2.38. The van der Waals surface area contributed by atoms with Crippen LogP contribution in [0, 0.1) is 5.41 Å². The van der Waals surface area contributed by atoms with Crippen molar-refractivity contribution in [1.29, 1.82) is 0 Å². The van der Waals surface area contributed by atoms with E-state index in [0.717, 1.165) is 32.5 Å². The molecule has 2 fully saturated rings. The smallest absolute Gasteiger partial charge is 0.174 e. The van der Waals surface area contributed by atoms with Crippen molar-refractivity contribution in [3.8, 4) is 0 Å². The van der Waals surface area contributed by atoms with Gasteiger partial charge in [-0.25, -0.2) is 0 Å². The maximum absolute atomic E-state index is 6.31. The van der Waals surface area contributed by atoms with Gasteiger partial charge in [0.05, 0.1) is 13.2 Å². The van der Waals surface area contributed by atoms with E-state index in [4.69, 9.17) is 9.47 Å². The number of ether oxygens (including phenoxy) is 2. The maximum Gasteiger partial charge on any atom is 0.174 e. The van der Waals surface area contributed by atoms with Gasteiger partial charge in [-0.05, 0) is 32.1 Å². The number of unbranched alkanes of at least 4 members (excludes halogenated alkanes) is 5. The molecular weight excluding hydrogens is 248 g/mol. The Morgan fingerprint density at radius 1 is 1.10 bits per heavy atom. The zero-order chi connectivity index (χ0) is 14.3. The third kappa shape index (κ3) is 3.28. The van der Waals surface area contributed by atoms with Crippen LogP contribution in [0.15, 0.2) is 12.7 Å². The van der Waals surface area contributed by atoms with Gasteiger partial charge in [0.1, 0.15) is 0 Å². The van der Waals surface area contributed by atoms with Gasteiger partial charge in [-0.3, -0.25) is 0 Å². The predicted octanol–water partition coefficient (Wildman–Crippen LogP) is 5.23. The normalized spacial score (nSPS) is 32.5. The lowest BCUT2D eigenvalue weighted by Crippen LogP contribution is -2.43. The first-order chi connectivity index (χ1) is 9.79. The van der Waals surface area contributed by atoms with Gasteiger partial charge < -0.3 is 9.47 Å². The molecule has 0 N–H and O–H groups in total. The molecule has 2 nitrogen and oxygen atoms in total. The largest absolute Gasteiger partial charge is 0.349 e. The van der Waals surface area contributed by atoms with Crippen molar-refractivity contribution in [2.24, 2.45) is 5.41 Å². The fourth-order valence-corrected chi connectivity index (χ4v) is 4.09. The molecule has 0 bridgehead atoms.